The minimum atomic E-state index is -5.97. The largest absolute Gasteiger partial charge is 0.496 e. The second-order valence-electron chi connectivity index (χ2n) is 5.30. The van der Waals surface area contributed by atoms with E-state index in [4.69, 9.17) is 4.74 Å². The van der Waals surface area contributed by atoms with Crippen molar-refractivity contribution in [2.45, 2.75) is 24.6 Å². The Morgan fingerprint density at radius 2 is 1.33 bits per heavy atom. The Morgan fingerprint density at radius 1 is 0.833 bits per heavy atom. The number of hydrogen-bond acceptors (Lipinski definition) is 2. The van der Waals surface area contributed by atoms with Gasteiger partial charge in [0.05, 0.1) is 7.11 Å². The van der Waals surface area contributed by atoms with E-state index in [0.717, 1.165) is 19.2 Å². The van der Waals surface area contributed by atoms with E-state index in [2.05, 4.69) is 0 Å². The lowest BCUT2D eigenvalue weighted by molar-refractivity contribution is -0.336. The first-order chi connectivity index (χ1) is 11.1. The molecular formula is C17H15F5O2. The molecule has 0 bridgehead atoms. The summed E-state index contributed by atoms with van der Waals surface area (Å²) in [6.07, 6.45) is -5.97. The molecule has 2 nitrogen and oxygen atoms in total. The summed E-state index contributed by atoms with van der Waals surface area (Å²) in [6, 6.07) is 10.0. The number of alkyl halides is 5. The van der Waals surface area contributed by atoms with Gasteiger partial charge in [-0.15, -0.1) is 0 Å². The van der Waals surface area contributed by atoms with Gasteiger partial charge in [0.15, 0.2) is 5.60 Å². The van der Waals surface area contributed by atoms with Crippen molar-refractivity contribution >= 4 is 0 Å². The van der Waals surface area contributed by atoms with E-state index in [0.29, 0.717) is 0 Å². The van der Waals surface area contributed by atoms with Crippen LogP contribution in [0.1, 0.15) is 16.7 Å². The maximum absolute atomic E-state index is 14.4. The molecule has 0 aliphatic carbocycles. The van der Waals surface area contributed by atoms with Crippen molar-refractivity contribution < 1.29 is 31.8 Å². The summed E-state index contributed by atoms with van der Waals surface area (Å²) >= 11 is 0. The number of benzene rings is 2. The zero-order valence-corrected chi connectivity index (χ0v) is 12.9. The Morgan fingerprint density at radius 3 is 1.83 bits per heavy atom. The molecule has 2 rings (SSSR count). The van der Waals surface area contributed by atoms with E-state index < -0.39 is 28.8 Å². The first-order valence-corrected chi connectivity index (χ1v) is 6.94. The van der Waals surface area contributed by atoms with Crippen LogP contribution in [0.25, 0.3) is 0 Å². The van der Waals surface area contributed by atoms with Crippen LogP contribution >= 0.6 is 0 Å². The van der Waals surface area contributed by atoms with Crippen LogP contribution in [0.15, 0.2) is 48.5 Å². The van der Waals surface area contributed by atoms with E-state index >= 15 is 0 Å². The van der Waals surface area contributed by atoms with Crippen molar-refractivity contribution in [2.24, 2.45) is 0 Å². The number of rotatable bonds is 4. The molecule has 0 aliphatic heterocycles. The molecule has 0 amide bonds. The molecule has 24 heavy (non-hydrogen) atoms. The van der Waals surface area contributed by atoms with Gasteiger partial charge >= 0.3 is 12.1 Å². The summed E-state index contributed by atoms with van der Waals surface area (Å²) in [5.41, 5.74) is -4.75. The highest BCUT2D eigenvalue weighted by atomic mass is 19.4. The molecular weight excluding hydrogens is 331 g/mol. The highest BCUT2D eigenvalue weighted by Crippen LogP contribution is 2.54. The van der Waals surface area contributed by atoms with Gasteiger partial charge in [0.2, 0.25) is 0 Å². The maximum Gasteiger partial charge on any atom is 0.457 e. The monoisotopic (exact) mass is 346 g/mol. The van der Waals surface area contributed by atoms with E-state index in [1.54, 1.807) is 0 Å². The molecule has 1 N–H and O–H groups in total. The number of methoxy groups -OCH3 is 1. The molecule has 0 aliphatic rings. The zero-order valence-electron chi connectivity index (χ0n) is 12.9. The number of aliphatic hydroxyl groups is 1. The third kappa shape index (κ3) is 2.62. The number of hydrogen-bond donors (Lipinski definition) is 1. The van der Waals surface area contributed by atoms with Crippen molar-refractivity contribution in [3.8, 4) is 5.75 Å². The summed E-state index contributed by atoms with van der Waals surface area (Å²) in [7, 11) is 1.13. The van der Waals surface area contributed by atoms with Crippen LogP contribution in [0.3, 0.4) is 0 Å². The second kappa shape index (κ2) is 6.05. The van der Waals surface area contributed by atoms with E-state index in [9.17, 15) is 27.1 Å². The molecule has 130 valence electrons. The SMILES string of the molecule is COc1ccccc1C(O)(c1ccccc1C)C(F)(F)C(F)(F)F. The molecule has 0 saturated carbocycles. The van der Waals surface area contributed by atoms with Crippen molar-refractivity contribution in [3.63, 3.8) is 0 Å². The van der Waals surface area contributed by atoms with Gasteiger partial charge in [0.1, 0.15) is 5.75 Å². The Bertz CT molecular complexity index is 727. The van der Waals surface area contributed by atoms with E-state index in [1.807, 2.05) is 0 Å². The van der Waals surface area contributed by atoms with Gasteiger partial charge in [0.25, 0.3) is 0 Å². The van der Waals surface area contributed by atoms with Crippen LogP contribution in [-0.2, 0) is 5.60 Å². The fraction of sp³-hybridized carbons (Fsp3) is 0.294. The van der Waals surface area contributed by atoms with Crippen LogP contribution in [0.4, 0.5) is 22.0 Å². The highest BCUT2D eigenvalue weighted by molar-refractivity contribution is 5.49. The number of aryl methyl sites for hydroxylation is 1. The van der Waals surface area contributed by atoms with Crippen molar-refractivity contribution in [3.05, 3.63) is 65.2 Å². The molecule has 0 fully saturated rings. The quantitative estimate of drug-likeness (QED) is 0.830. The topological polar surface area (TPSA) is 29.5 Å². The number of halogens is 5. The fourth-order valence-corrected chi connectivity index (χ4v) is 2.61. The zero-order chi connectivity index (χ0) is 18.2. The lowest BCUT2D eigenvalue weighted by Crippen LogP contribution is -2.56. The van der Waals surface area contributed by atoms with Crippen LogP contribution in [-0.4, -0.2) is 24.3 Å². The Kier molecular flexibility index (Phi) is 4.59. The van der Waals surface area contributed by atoms with Crippen LogP contribution < -0.4 is 4.74 Å². The van der Waals surface area contributed by atoms with Gasteiger partial charge in [0, 0.05) is 5.56 Å². The Hall–Kier alpha value is -2.15. The van der Waals surface area contributed by atoms with Crippen molar-refractivity contribution in [2.75, 3.05) is 7.11 Å². The van der Waals surface area contributed by atoms with Gasteiger partial charge in [-0.1, -0.05) is 42.5 Å². The van der Waals surface area contributed by atoms with Gasteiger partial charge in [-0.25, -0.2) is 0 Å². The molecule has 1 unspecified atom stereocenters. The predicted octanol–water partition coefficient (Wildman–Crippen LogP) is 4.44. The van der Waals surface area contributed by atoms with Gasteiger partial charge < -0.3 is 9.84 Å². The molecule has 0 spiro atoms. The van der Waals surface area contributed by atoms with Crippen molar-refractivity contribution in [1.29, 1.82) is 0 Å². The first kappa shape index (κ1) is 18.2. The van der Waals surface area contributed by atoms with Crippen LogP contribution in [0, 0.1) is 6.92 Å². The van der Waals surface area contributed by atoms with Crippen molar-refractivity contribution in [1.82, 2.24) is 0 Å². The molecule has 2 aromatic rings. The average molecular weight is 346 g/mol. The number of ether oxygens (including phenoxy) is 1. The molecule has 0 aromatic heterocycles. The minimum Gasteiger partial charge on any atom is -0.496 e. The first-order valence-electron chi connectivity index (χ1n) is 6.94. The van der Waals surface area contributed by atoms with Gasteiger partial charge in [-0.3, -0.25) is 0 Å². The standard InChI is InChI=1S/C17H15F5O2/c1-11-7-3-4-8-12(11)15(23,16(18,19)17(20,21)22)13-9-5-6-10-14(13)24-2/h3-10,23H,1-2H3. The Labute approximate surface area is 135 Å². The normalized spacial score (nSPS) is 15.0. The fourth-order valence-electron chi connectivity index (χ4n) is 2.61. The minimum absolute atomic E-state index is 0.0924. The lowest BCUT2D eigenvalue weighted by Gasteiger charge is -2.38. The van der Waals surface area contributed by atoms with Crippen LogP contribution in [0.2, 0.25) is 0 Å². The molecule has 1 atom stereocenters. The predicted molar refractivity (Wildman–Crippen MR) is 78.2 cm³/mol. The molecule has 2 aromatic carbocycles. The molecule has 7 heteroatoms. The molecule has 0 radical (unpaired) electrons. The third-order valence-electron chi connectivity index (χ3n) is 3.84. The third-order valence-corrected chi connectivity index (χ3v) is 3.84. The second-order valence-corrected chi connectivity index (χ2v) is 5.30. The molecule has 0 saturated heterocycles. The van der Waals surface area contributed by atoms with Gasteiger partial charge in [-0.05, 0) is 24.1 Å². The average Bonchev–Trinajstić information content (AvgIpc) is 2.53. The summed E-state index contributed by atoms with van der Waals surface area (Å²) in [5.74, 6) is -5.71. The summed E-state index contributed by atoms with van der Waals surface area (Å²) in [6.45, 7) is 1.35. The van der Waals surface area contributed by atoms with E-state index in [-0.39, 0.29) is 11.3 Å². The Balaban J connectivity index is 2.89. The molecule has 0 heterocycles. The van der Waals surface area contributed by atoms with E-state index in [1.165, 1.54) is 43.3 Å². The van der Waals surface area contributed by atoms with Gasteiger partial charge in [-0.2, -0.15) is 22.0 Å². The summed E-state index contributed by atoms with van der Waals surface area (Å²) in [4.78, 5) is 0. The summed E-state index contributed by atoms with van der Waals surface area (Å²) in [5, 5.41) is 10.8. The summed E-state index contributed by atoms with van der Waals surface area (Å²) < 4.78 is 73.1. The highest BCUT2D eigenvalue weighted by Gasteiger charge is 2.72. The lowest BCUT2D eigenvalue weighted by atomic mass is 9.78. The maximum atomic E-state index is 14.4. The smallest absolute Gasteiger partial charge is 0.457 e. The van der Waals surface area contributed by atoms with Crippen LogP contribution in [0.5, 0.6) is 5.75 Å². The number of para-hydroxylation sites is 1.